The van der Waals surface area contributed by atoms with Crippen LogP contribution in [-0.4, -0.2) is 40.8 Å². The maximum Gasteiger partial charge on any atom is 0.435 e. The topological polar surface area (TPSA) is 80.5 Å². The van der Waals surface area contributed by atoms with Crippen molar-refractivity contribution in [1.82, 2.24) is 15.1 Å². The zero-order chi connectivity index (χ0) is 17.2. The van der Waals surface area contributed by atoms with Gasteiger partial charge in [-0.2, -0.15) is 13.2 Å². The average Bonchev–Trinajstić information content (AvgIpc) is 3.09. The van der Waals surface area contributed by atoms with Crippen LogP contribution in [0.1, 0.15) is 17.6 Å². The smallest absolute Gasteiger partial charge is 0.435 e. The Morgan fingerprint density at radius 3 is 2.75 bits per heavy atom. The number of halogens is 3. The van der Waals surface area contributed by atoms with Crippen molar-refractivity contribution in [2.45, 2.75) is 12.3 Å². The molecule has 1 aliphatic heterocycles. The van der Waals surface area contributed by atoms with Crippen LogP contribution in [0.25, 0.3) is 0 Å². The second-order valence-corrected chi connectivity index (χ2v) is 5.05. The predicted molar refractivity (Wildman–Crippen MR) is 75.0 cm³/mol. The van der Waals surface area contributed by atoms with Crippen molar-refractivity contribution in [2.24, 2.45) is 0 Å². The summed E-state index contributed by atoms with van der Waals surface area (Å²) in [6.07, 6.45) is -3.45. The third-order valence-electron chi connectivity index (χ3n) is 3.40. The minimum atomic E-state index is -4.57. The van der Waals surface area contributed by atoms with Gasteiger partial charge in [-0.05, 0) is 24.3 Å². The number of ether oxygens (including phenoxy) is 1. The lowest BCUT2D eigenvalue weighted by Gasteiger charge is -2.31. The molecule has 3 rings (SSSR count). The first kappa shape index (κ1) is 16.2. The molecule has 1 atom stereocenters. The third kappa shape index (κ3) is 3.65. The largest absolute Gasteiger partial charge is 0.467 e. The van der Waals surface area contributed by atoms with Gasteiger partial charge >= 0.3 is 12.2 Å². The molecule has 1 N–H and O–H groups in total. The monoisotopic (exact) mass is 342 g/mol. The summed E-state index contributed by atoms with van der Waals surface area (Å²) in [4.78, 5) is 13.7. The fourth-order valence-electron chi connectivity index (χ4n) is 2.22. The second-order valence-electron chi connectivity index (χ2n) is 5.05. The highest BCUT2D eigenvalue weighted by Crippen LogP contribution is 2.27. The summed E-state index contributed by atoms with van der Waals surface area (Å²) >= 11 is 0. The molecule has 0 aromatic carbocycles. The summed E-state index contributed by atoms with van der Waals surface area (Å²) in [5, 5.41) is 8.84. The van der Waals surface area contributed by atoms with Crippen LogP contribution >= 0.6 is 0 Å². The minimum absolute atomic E-state index is 0.0611. The fourth-order valence-corrected chi connectivity index (χ4v) is 2.22. The number of urea groups is 1. The molecule has 7 nitrogen and oxygen atoms in total. The zero-order valence-corrected chi connectivity index (χ0v) is 12.3. The van der Waals surface area contributed by atoms with Crippen LogP contribution in [0.2, 0.25) is 0 Å². The maximum absolute atomic E-state index is 12.4. The van der Waals surface area contributed by atoms with E-state index >= 15 is 0 Å². The molecule has 1 saturated heterocycles. The highest BCUT2D eigenvalue weighted by Gasteiger charge is 2.33. The molecule has 0 bridgehead atoms. The lowest BCUT2D eigenvalue weighted by molar-refractivity contribution is -0.141. The molecule has 10 heteroatoms. The Hall–Kier alpha value is -2.62. The molecular weight excluding hydrogens is 329 g/mol. The Balaban J connectivity index is 1.62. The quantitative estimate of drug-likeness (QED) is 0.908. The van der Waals surface area contributed by atoms with Crippen LogP contribution in [0, 0.1) is 0 Å². The summed E-state index contributed by atoms with van der Waals surface area (Å²) in [6.45, 7) is 0.919. The number of nitrogens with one attached hydrogen (secondary N) is 1. The Morgan fingerprint density at radius 1 is 1.29 bits per heavy atom. The molecule has 2 amide bonds. The van der Waals surface area contributed by atoms with E-state index in [2.05, 4.69) is 15.5 Å². The normalized spacial score (nSPS) is 18.5. The van der Waals surface area contributed by atoms with Crippen LogP contribution in [0.3, 0.4) is 0 Å². The lowest BCUT2D eigenvalue weighted by Crippen LogP contribution is -2.44. The number of hydrogen-bond acceptors (Lipinski definition) is 5. The van der Waals surface area contributed by atoms with Gasteiger partial charge in [0.2, 0.25) is 0 Å². The first-order valence-electron chi connectivity index (χ1n) is 7.05. The number of carbonyl (C=O) groups is 1. The van der Waals surface area contributed by atoms with Gasteiger partial charge < -0.3 is 14.1 Å². The first-order chi connectivity index (χ1) is 11.4. The number of morpholine rings is 1. The highest BCUT2D eigenvalue weighted by atomic mass is 19.4. The van der Waals surface area contributed by atoms with E-state index in [1.807, 2.05) is 0 Å². The number of furan rings is 1. The lowest BCUT2D eigenvalue weighted by atomic mass is 10.2. The maximum atomic E-state index is 12.4. The predicted octanol–water partition coefficient (Wildman–Crippen LogP) is 2.69. The zero-order valence-electron chi connectivity index (χ0n) is 12.3. The van der Waals surface area contributed by atoms with Crippen molar-refractivity contribution in [2.75, 3.05) is 25.0 Å². The number of aromatic nitrogens is 2. The van der Waals surface area contributed by atoms with E-state index in [9.17, 15) is 18.0 Å². The van der Waals surface area contributed by atoms with Gasteiger partial charge in [-0.25, -0.2) is 4.79 Å². The van der Waals surface area contributed by atoms with E-state index in [1.165, 1.54) is 11.2 Å². The minimum Gasteiger partial charge on any atom is -0.467 e. The summed E-state index contributed by atoms with van der Waals surface area (Å²) in [7, 11) is 0. The molecule has 1 fully saturated rings. The van der Waals surface area contributed by atoms with E-state index in [0.29, 0.717) is 18.9 Å². The van der Waals surface area contributed by atoms with Crippen LogP contribution in [0.5, 0.6) is 0 Å². The van der Waals surface area contributed by atoms with Gasteiger partial charge in [-0.3, -0.25) is 5.32 Å². The molecule has 1 unspecified atom stereocenters. The highest BCUT2D eigenvalue weighted by molar-refractivity contribution is 5.88. The molecule has 0 saturated carbocycles. The van der Waals surface area contributed by atoms with E-state index in [1.54, 1.807) is 12.1 Å². The fraction of sp³-hybridized carbons (Fsp3) is 0.357. The third-order valence-corrected chi connectivity index (χ3v) is 3.40. The van der Waals surface area contributed by atoms with Crippen molar-refractivity contribution >= 4 is 11.8 Å². The standard InChI is InChI=1S/C14H13F3N4O3/c15-14(16,17)11-3-4-12(20-19-11)18-13(22)21-5-7-24-10(8-21)9-2-1-6-23-9/h1-4,6,10H,5,7-8H2,(H,18,20,22). The number of anilines is 1. The summed E-state index contributed by atoms with van der Waals surface area (Å²) in [5.41, 5.74) is -1.12. The second kappa shape index (κ2) is 6.48. The van der Waals surface area contributed by atoms with E-state index < -0.39 is 24.0 Å². The van der Waals surface area contributed by atoms with Crippen molar-refractivity contribution in [3.05, 3.63) is 42.0 Å². The Bertz CT molecular complexity index is 688. The number of hydrogen-bond donors (Lipinski definition) is 1. The van der Waals surface area contributed by atoms with Crippen LogP contribution in [-0.2, 0) is 10.9 Å². The molecule has 0 aliphatic carbocycles. The van der Waals surface area contributed by atoms with Gasteiger partial charge in [0.05, 0.1) is 19.4 Å². The molecule has 24 heavy (non-hydrogen) atoms. The van der Waals surface area contributed by atoms with Crippen molar-refractivity contribution in [3.8, 4) is 0 Å². The van der Waals surface area contributed by atoms with Crippen molar-refractivity contribution in [3.63, 3.8) is 0 Å². The molecular formula is C14H13F3N4O3. The molecule has 0 radical (unpaired) electrons. The Morgan fingerprint density at radius 2 is 2.12 bits per heavy atom. The summed E-state index contributed by atoms with van der Waals surface area (Å²) < 4.78 is 48.1. The van der Waals surface area contributed by atoms with Crippen LogP contribution in [0.15, 0.2) is 34.9 Å². The number of carbonyl (C=O) groups excluding carboxylic acids is 1. The van der Waals surface area contributed by atoms with Gasteiger partial charge in [0.15, 0.2) is 11.5 Å². The van der Waals surface area contributed by atoms with Crippen LogP contribution in [0.4, 0.5) is 23.8 Å². The molecule has 2 aromatic heterocycles. The SMILES string of the molecule is O=C(Nc1ccc(C(F)(F)F)nn1)N1CCOC(c2ccco2)C1. The van der Waals surface area contributed by atoms with Gasteiger partial charge in [0, 0.05) is 6.54 Å². The molecule has 0 spiro atoms. The number of amides is 2. The van der Waals surface area contributed by atoms with Gasteiger partial charge in [0.25, 0.3) is 0 Å². The molecule has 3 heterocycles. The summed E-state index contributed by atoms with van der Waals surface area (Å²) in [5.74, 6) is 0.538. The van der Waals surface area contributed by atoms with E-state index in [-0.39, 0.29) is 12.4 Å². The average molecular weight is 342 g/mol. The van der Waals surface area contributed by atoms with Crippen LogP contribution < -0.4 is 5.32 Å². The molecule has 2 aromatic rings. The van der Waals surface area contributed by atoms with Gasteiger partial charge in [-0.15, -0.1) is 10.2 Å². The Kier molecular flexibility index (Phi) is 4.38. The van der Waals surface area contributed by atoms with Gasteiger partial charge in [-0.1, -0.05) is 0 Å². The molecule has 128 valence electrons. The van der Waals surface area contributed by atoms with Crippen molar-refractivity contribution in [1.29, 1.82) is 0 Å². The number of rotatable bonds is 2. The van der Waals surface area contributed by atoms with E-state index in [0.717, 1.165) is 12.1 Å². The summed E-state index contributed by atoms with van der Waals surface area (Å²) in [6, 6.07) is 4.78. The Labute approximate surface area is 134 Å². The molecule has 1 aliphatic rings. The van der Waals surface area contributed by atoms with E-state index in [4.69, 9.17) is 9.15 Å². The van der Waals surface area contributed by atoms with Crippen molar-refractivity contribution < 1.29 is 27.1 Å². The first-order valence-corrected chi connectivity index (χ1v) is 7.05. The number of nitrogens with zero attached hydrogens (tertiary/aromatic N) is 3. The number of alkyl halides is 3. The van der Waals surface area contributed by atoms with Gasteiger partial charge in [0.1, 0.15) is 11.9 Å².